The molecule has 3 rings (SSSR count). The van der Waals surface area contributed by atoms with E-state index in [2.05, 4.69) is 4.98 Å². The lowest BCUT2D eigenvalue weighted by Crippen LogP contribution is -2.41. The normalized spacial score (nSPS) is 12.7. The second-order valence-electron chi connectivity index (χ2n) is 6.10. The number of para-hydroxylation sites is 1. The Bertz CT molecular complexity index is 1030. The number of alkyl halides is 3. The van der Waals surface area contributed by atoms with Crippen LogP contribution in [0.15, 0.2) is 59.7 Å². The van der Waals surface area contributed by atoms with Gasteiger partial charge in [0.2, 0.25) is 5.91 Å². The summed E-state index contributed by atoms with van der Waals surface area (Å²) in [5.41, 5.74) is 0.721. The fourth-order valence-corrected chi connectivity index (χ4v) is 2.81. The molecule has 2 aromatic carbocycles. The number of rotatable bonds is 4. The lowest BCUT2D eigenvalue weighted by molar-refractivity contribution is -0.163. The number of nitrogens with one attached hydrogen (secondary N) is 1. The fourth-order valence-electron chi connectivity index (χ4n) is 2.81. The van der Waals surface area contributed by atoms with Gasteiger partial charge in [0.15, 0.2) is 6.04 Å². The minimum atomic E-state index is -4.67. The van der Waals surface area contributed by atoms with Gasteiger partial charge in [-0.1, -0.05) is 42.5 Å². The van der Waals surface area contributed by atoms with Gasteiger partial charge in [-0.2, -0.15) is 13.2 Å². The van der Waals surface area contributed by atoms with Crippen LogP contribution in [0.4, 0.5) is 13.2 Å². The van der Waals surface area contributed by atoms with Crippen LogP contribution in [0.1, 0.15) is 17.2 Å². The molecular weight excluding hydrogens is 359 g/mol. The van der Waals surface area contributed by atoms with Crippen LogP contribution in [0, 0.1) is 6.92 Å². The molecule has 1 amide bonds. The van der Waals surface area contributed by atoms with Gasteiger partial charge in [0.05, 0.1) is 17.2 Å². The van der Waals surface area contributed by atoms with E-state index in [1.807, 2.05) is 5.32 Å². The molecule has 0 aliphatic rings. The first kappa shape index (κ1) is 18.6. The number of fused-ring (bicyclic) bond motifs is 1. The van der Waals surface area contributed by atoms with Gasteiger partial charge in [-0.3, -0.25) is 14.2 Å². The van der Waals surface area contributed by atoms with Crippen molar-refractivity contribution in [2.24, 2.45) is 0 Å². The van der Waals surface area contributed by atoms with Crippen molar-refractivity contribution in [3.63, 3.8) is 0 Å². The number of carbonyl (C=O) groups excluding carboxylic acids is 1. The number of hydrogen-bond donors (Lipinski definition) is 1. The second kappa shape index (κ2) is 7.22. The smallest absolute Gasteiger partial charge is 0.339 e. The number of amides is 1. The molecule has 1 N–H and O–H groups in total. The summed E-state index contributed by atoms with van der Waals surface area (Å²) in [6.45, 7) is 1.23. The van der Waals surface area contributed by atoms with E-state index in [9.17, 15) is 22.8 Å². The predicted octanol–water partition coefficient (Wildman–Crippen LogP) is 3.12. The summed E-state index contributed by atoms with van der Waals surface area (Å²) in [6.07, 6.45) is -3.50. The van der Waals surface area contributed by atoms with Crippen LogP contribution in [-0.2, 0) is 11.3 Å². The fraction of sp³-hybridized carbons (Fsp3) is 0.211. The van der Waals surface area contributed by atoms with Crippen LogP contribution >= 0.6 is 0 Å². The van der Waals surface area contributed by atoms with E-state index in [0.717, 1.165) is 10.1 Å². The number of hydrogen-bond acceptors (Lipinski definition) is 3. The molecule has 27 heavy (non-hydrogen) atoms. The summed E-state index contributed by atoms with van der Waals surface area (Å²) in [6, 6.07) is 9.95. The van der Waals surface area contributed by atoms with Gasteiger partial charge in [-0.25, -0.2) is 4.98 Å². The molecule has 1 unspecified atom stereocenters. The number of benzene rings is 2. The first-order chi connectivity index (χ1) is 12.8. The van der Waals surface area contributed by atoms with Crippen molar-refractivity contribution in [2.75, 3.05) is 0 Å². The highest BCUT2D eigenvalue weighted by Gasteiger charge is 2.41. The highest BCUT2D eigenvalue weighted by molar-refractivity contribution is 5.81. The monoisotopic (exact) mass is 375 g/mol. The SMILES string of the molecule is Cc1cccc2c(=O)n(CC(=O)NC(c3ccccc3)C(F)(F)F)cnc12. The van der Waals surface area contributed by atoms with E-state index in [-0.39, 0.29) is 5.56 Å². The van der Waals surface area contributed by atoms with Gasteiger partial charge in [0, 0.05) is 0 Å². The Morgan fingerprint density at radius 1 is 1.15 bits per heavy atom. The molecule has 0 radical (unpaired) electrons. The third-order valence-corrected chi connectivity index (χ3v) is 4.13. The zero-order valence-electron chi connectivity index (χ0n) is 14.3. The molecule has 5 nitrogen and oxygen atoms in total. The van der Waals surface area contributed by atoms with Crippen LogP contribution in [0.25, 0.3) is 10.9 Å². The molecule has 0 spiro atoms. The third-order valence-electron chi connectivity index (χ3n) is 4.13. The van der Waals surface area contributed by atoms with E-state index in [1.165, 1.54) is 30.6 Å². The maximum Gasteiger partial charge on any atom is 0.412 e. The van der Waals surface area contributed by atoms with Crippen molar-refractivity contribution < 1.29 is 18.0 Å². The summed E-state index contributed by atoms with van der Waals surface area (Å²) >= 11 is 0. The molecule has 8 heteroatoms. The van der Waals surface area contributed by atoms with Crippen molar-refractivity contribution in [3.05, 3.63) is 76.3 Å². The topological polar surface area (TPSA) is 64.0 Å². The lowest BCUT2D eigenvalue weighted by Gasteiger charge is -2.22. The summed E-state index contributed by atoms with van der Waals surface area (Å²) in [4.78, 5) is 28.8. The Morgan fingerprint density at radius 2 is 1.85 bits per heavy atom. The molecule has 3 aromatic rings. The minimum absolute atomic E-state index is 0.0852. The van der Waals surface area contributed by atoms with Crippen LogP contribution in [0.2, 0.25) is 0 Å². The van der Waals surface area contributed by atoms with Gasteiger partial charge in [0.1, 0.15) is 6.54 Å². The highest BCUT2D eigenvalue weighted by Crippen LogP contribution is 2.32. The number of nitrogens with zero attached hydrogens (tertiary/aromatic N) is 2. The maximum atomic E-state index is 13.3. The van der Waals surface area contributed by atoms with Crippen LogP contribution in [0.5, 0.6) is 0 Å². The quantitative estimate of drug-likeness (QED) is 0.762. The second-order valence-corrected chi connectivity index (χ2v) is 6.10. The molecule has 0 aliphatic heterocycles. The zero-order chi connectivity index (χ0) is 19.6. The molecule has 0 aliphatic carbocycles. The minimum Gasteiger partial charge on any atom is -0.339 e. The number of aryl methyl sites for hydroxylation is 1. The van der Waals surface area contributed by atoms with E-state index in [4.69, 9.17) is 0 Å². The zero-order valence-corrected chi connectivity index (χ0v) is 14.3. The summed E-state index contributed by atoms with van der Waals surface area (Å²) in [5, 5.41) is 2.26. The summed E-state index contributed by atoms with van der Waals surface area (Å²) < 4.78 is 41.0. The number of carbonyl (C=O) groups is 1. The molecule has 1 heterocycles. The first-order valence-electron chi connectivity index (χ1n) is 8.13. The third kappa shape index (κ3) is 3.99. The molecule has 1 aromatic heterocycles. The van der Waals surface area contributed by atoms with Crippen molar-refractivity contribution in [1.29, 1.82) is 0 Å². The van der Waals surface area contributed by atoms with Crippen LogP contribution < -0.4 is 10.9 Å². The molecule has 0 fully saturated rings. The van der Waals surface area contributed by atoms with Crippen molar-refractivity contribution >= 4 is 16.8 Å². The number of halogens is 3. The standard InChI is InChI=1S/C19H16F3N3O2/c1-12-6-5-9-14-16(12)23-11-25(18(14)27)10-15(26)24-17(19(20,21)22)13-7-3-2-4-8-13/h2-9,11,17H,10H2,1H3,(H,24,26). The summed E-state index contributed by atoms with van der Waals surface area (Å²) in [5.74, 6) is -0.933. The lowest BCUT2D eigenvalue weighted by atomic mass is 10.1. The number of aromatic nitrogens is 2. The van der Waals surface area contributed by atoms with E-state index >= 15 is 0 Å². The van der Waals surface area contributed by atoms with Crippen molar-refractivity contribution in [3.8, 4) is 0 Å². The van der Waals surface area contributed by atoms with Gasteiger partial charge < -0.3 is 5.32 Å². The van der Waals surface area contributed by atoms with Gasteiger partial charge in [-0.15, -0.1) is 0 Å². The highest BCUT2D eigenvalue weighted by atomic mass is 19.4. The van der Waals surface area contributed by atoms with Gasteiger partial charge >= 0.3 is 6.18 Å². The molecule has 0 saturated carbocycles. The Kier molecular flexibility index (Phi) is 4.98. The molecule has 140 valence electrons. The van der Waals surface area contributed by atoms with E-state index in [0.29, 0.717) is 10.9 Å². The maximum absolute atomic E-state index is 13.3. The van der Waals surface area contributed by atoms with Crippen LogP contribution in [0.3, 0.4) is 0 Å². The summed E-state index contributed by atoms with van der Waals surface area (Å²) in [7, 11) is 0. The first-order valence-corrected chi connectivity index (χ1v) is 8.13. The Hall–Kier alpha value is -3.16. The van der Waals surface area contributed by atoms with Crippen molar-refractivity contribution in [1.82, 2.24) is 14.9 Å². The molecular formula is C19H16F3N3O2. The Balaban J connectivity index is 1.86. The molecule has 0 bridgehead atoms. The van der Waals surface area contributed by atoms with Crippen LogP contribution in [-0.4, -0.2) is 21.6 Å². The Labute approximate surface area is 152 Å². The van der Waals surface area contributed by atoms with Gasteiger partial charge in [-0.05, 0) is 24.1 Å². The molecule has 0 saturated heterocycles. The predicted molar refractivity (Wildman–Crippen MR) is 94.1 cm³/mol. The molecule has 1 atom stereocenters. The average Bonchev–Trinajstić information content (AvgIpc) is 2.62. The van der Waals surface area contributed by atoms with E-state index < -0.39 is 30.2 Å². The van der Waals surface area contributed by atoms with Gasteiger partial charge in [0.25, 0.3) is 5.56 Å². The van der Waals surface area contributed by atoms with Crippen molar-refractivity contribution in [2.45, 2.75) is 25.7 Å². The largest absolute Gasteiger partial charge is 0.412 e. The average molecular weight is 375 g/mol. The van der Waals surface area contributed by atoms with E-state index in [1.54, 1.807) is 31.2 Å². The Morgan fingerprint density at radius 3 is 2.52 bits per heavy atom.